The van der Waals surface area contributed by atoms with E-state index < -0.39 is 161 Å². The summed E-state index contributed by atoms with van der Waals surface area (Å²) in [6.45, 7) is 3.54. The number of rotatable bonds is 67. The molecule has 36 nitrogen and oxygen atoms in total. The van der Waals surface area contributed by atoms with E-state index in [-0.39, 0.29) is 70.0 Å². The van der Waals surface area contributed by atoms with E-state index in [0.717, 1.165) is 155 Å². The highest BCUT2D eigenvalue weighted by atomic mass is 31.2. The Morgan fingerprint density at radius 1 is 0.360 bits per heavy atom. The Kier molecular flexibility index (Phi) is 56.6. The summed E-state index contributed by atoms with van der Waals surface area (Å²) < 4.78 is 60.7. The number of hydrogen-bond acceptors (Lipinski definition) is 27. The third-order valence-electron chi connectivity index (χ3n) is 20.3. The third kappa shape index (κ3) is 44.9. The summed E-state index contributed by atoms with van der Waals surface area (Å²) in [6.07, 6.45) is 12.7. The number of carbonyl (C=O) groups excluding carboxylic acids is 8. The number of nitrogens with one attached hydrogen (secondary N) is 8. The molecule has 0 radical (unpaired) electrons. The van der Waals surface area contributed by atoms with E-state index in [4.69, 9.17) is 37.7 Å². The van der Waals surface area contributed by atoms with Crippen molar-refractivity contribution in [3.8, 4) is 0 Å². The minimum Gasteiger partial charge on any atom is -0.394 e. The molecule has 16 unspecified atom stereocenters. The number of aliphatic hydroxyl groups is 9. The van der Waals surface area contributed by atoms with Gasteiger partial charge in [-0.15, -0.1) is 0 Å². The molecule has 0 aromatic carbocycles. The molecule has 18 N–H and O–H groups in total. The van der Waals surface area contributed by atoms with Crippen molar-refractivity contribution < 1.29 is 136 Å². The summed E-state index contributed by atoms with van der Waals surface area (Å²) in [5.41, 5.74) is 0. The summed E-state index contributed by atoms with van der Waals surface area (Å²) in [7, 11) is -3.19. The molecule has 0 aromatic rings. The molecular weight excluding hydrogens is 1520 g/mol. The van der Waals surface area contributed by atoms with Gasteiger partial charge in [0.15, 0.2) is 18.9 Å². The number of aliphatic hydroxyl groups excluding tert-OH is 9. The predicted molar refractivity (Wildman–Crippen MR) is 417 cm³/mol. The Labute approximate surface area is 673 Å². The summed E-state index contributed by atoms with van der Waals surface area (Å²) in [6, 6.07) is -5.03. The smallest absolute Gasteiger partial charge is 0.394 e. The van der Waals surface area contributed by atoms with Crippen LogP contribution in [-0.2, 0) is 85.1 Å². The highest BCUT2D eigenvalue weighted by Gasteiger charge is 2.48. The van der Waals surface area contributed by atoms with E-state index >= 15 is 0 Å². The van der Waals surface area contributed by atoms with Crippen molar-refractivity contribution in [3.63, 3.8) is 0 Å². The van der Waals surface area contributed by atoms with Gasteiger partial charge in [0.1, 0.15) is 85.1 Å². The van der Waals surface area contributed by atoms with Crippen molar-refractivity contribution in [2.75, 3.05) is 86.2 Å². The second-order valence-electron chi connectivity index (χ2n) is 30.0. The molecule has 3 saturated heterocycles. The number of unbranched alkanes of at least 4 members (excludes halogenated alkanes) is 26. The van der Waals surface area contributed by atoms with Crippen LogP contribution in [0.3, 0.4) is 0 Å². The van der Waals surface area contributed by atoms with Crippen molar-refractivity contribution >= 4 is 55.1 Å². The van der Waals surface area contributed by atoms with Crippen molar-refractivity contribution in [1.29, 1.82) is 0 Å². The molecule has 37 heteroatoms. The van der Waals surface area contributed by atoms with Crippen LogP contribution >= 0.6 is 7.82 Å². The first-order valence-corrected chi connectivity index (χ1v) is 43.3. The summed E-state index contributed by atoms with van der Waals surface area (Å²) >= 11 is 0. The van der Waals surface area contributed by atoms with Crippen molar-refractivity contribution in [1.82, 2.24) is 42.5 Å². The normalized spacial score (nSPS) is 24.7. The molecule has 3 rings (SSSR count). The first-order chi connectivity index (χ1) is 54.8. The van der Waals surface area contributed by atoms with E-state index in [0.29, 0.717) is 90.5 Å². The summed E-state index contributed by atoms with van der Waals surface area (Å²) in [5, 5.41) is 113. The lowest BCUT2D eigenvalue weighted by atomic mass is 9.97. The van der Waals surface area contributed by atoms with Gasteiger partial charge in [0.2, 0.25) is 47.3 Å². The van der Waals surface area contributed by atoms with Gasteiger partial charge in [0.05, 0.1) is 39.6 Å². The zero-order valence-electron chi connectivity index (χ0n) is 68.0. The zero-order chi connectivity index (χ0) is 83.9. The van der Waals surface area contributed by atoms with Crippen molar-refractivity contribution in [3.05, 3.63) is 0 Å². The van der Waals surface area contributed by atoms with Crippen LogP contribution in [0.1, 0.15) is 252 Å². The monoisotopic (exact) mass is 1660 g/mol. The molecule has 0 spiro atoms. The molecule has 0 aliphatic carbocycles. The number of amides is 8. The quantitative estimate of drug-likeness (QED) is 0.0306. The van der Waals surface area contributed by atoms with Crippen LogP contribution in [0, 0.1) is 0 Å². The number of phosphoric acid groups is 1. The number of hydrogen-bond donors (Lipinski definition) is 18. The van der Waals surface area contributed by atoms with E-state index in [1.807, 2.05) is 0 Å². The molecule has 0 bridgehead atoms. The molecule has 8 amide bonds. The lowest BCUT2D eigenvalue weighted by Gasteiger charge is -2.42. The molecule has 664 valence electrons. The fourth-order valence-corrected chi connectivity index (χ4v) is 14.1. The second kappa shape index (κ2) is 62.4. The average Bonchev–Trinajstić information content (AvgIpc) is 0.820. The maximum Gasteiger partial charge on any atom is 0.471 e. The topological polar surface area (TPSA) is 535 Å². The zero-order valence-corrected chi connectivity index (χ0v) is 68.9. The number of ether oxygens (including phenoxy) is 7. The fraction of sp³-hybridized carbons (Fsp3) is 0.896. The summed E-state index contributed by atoms with van der Waals surface area (Å²) in [5.74, 6) is -2.86. The fourth-order valence-electron chi connectivity index (χ4n) is 13.7. The lowest BCUT2D eigenvalue weighted by Crippen LogP contribution is -2.64. The number of carbonyl (C=O) groups is 8. The SMILES string of the molecule is COP(=O)(O)OCCOCCNC(=O)[C@H](CCCCNC(=O)CCCCCCCCCCCOC1OC(CO)C(O)C(O)C1NC(C)=O)NC(=O)[C@H](CCCCNC(=O)CCCCCCCCCCCOC1OC(CO)C(O)C(O)C1NC(C)=O)NC(=O)CCCCCCCCCCCOC1OC(CO)C(O)C(O)C1NC(C)=O. The molecule has 3 aliphatic rings. The number of phosphoric ester groups is 1. The first kappa shape index (κ1) is 103. The minimum atomic E-state index is -4.22. The van der Waals surface area contributed by atoms with Crippen LogP contribution in [-0.4, -0.2) is 288 Å². The third-order valence-corrected chi connectivity index (χ3v) is 21.2. The van der Waals surface area contributed by atoms with Gasteiger partial charge in [0.25, 0.3) is 0 Å². The van der Waals surface area contributed by atoms with Gasteiger partial charge < -0.3 is 127 Å². The van der Waals surface area contributed by atoms with Gasteiger partial charge >= 0.3 is 7.82 Å². The van der Waals surface area contributed by atoms with Gasteiger partial charge in [0, 0.05) is 86.6 Å². The van der Waals surface area contributed by atoms with E-state index in [1.165, 1.54) is 20.8 Å². The Balaban J connectivity index is 1.47. The van der Waals surface area contributed by atoms with Crippen LogP contribution in [0.5, 0.6) is 0 Å². The van der Waals surface area contributed by atoms with Gasteiger partial charge in [-0.3, -0.25) is 47.4 Å². The Bertz CT molecular complexity index is 2690. The molecule has 3 fully saturated rings. The molecule has 0 saturated carbocycles. The molecular formula is C77H143N8O28P. The standard InChI is InChI=1S/C77H143N8O28P/c1-53(89)81-64-70(98)67(95)58(50-86)111-75(64)107-44-33-23-17-11-5-8-14-20-26-38-61(92)78-41-31-29-36-56(73(101)80-43-47-106-48-49-110-114(103,104)105-4)85-74(102)57(84-63(94)40-28-22-16-10-7-13-19-25-35-46-109-77-66(83-55(3)91)72(100)69(97)60(52-88)113-77)37-30-32-42-79-62(93)39-27-21-15-9-6-12-18-24-34-45-108-76-65(82-54(2)90)71(99)68(96)59(51-87)112-76/h56-60,64-72,75-77,86-88,95-100H,5-52H2,1-4H3,(H,78,92)(H,79,93)(H,80,101)(H,81,89)(H,82,90)(H,83,91)(H,84,94)(H,85,102)(H,103,104)/t56-,57-,58?,59?,60?,64?,65?,66?,67?,68?,69?,70?,71?,72?,75?,76?,77?/m0/s1. The van der Waals surface area contributed by atoms with E-state index in [9.17, 15) is 93.8 Å². The van der Waals surface area contributed by atoms with Crippen LogP contribution in [0.4, 0.5) is 0 Å². The van der Waals surface area contributed by atoms with Crippen molar-refractivity contribution in [2.24, 2.45) is 0 Å². The highest BCUT2D eigenvalue weighted by Crippen LogP contribution is 2.41. The van der Waals surface area contributed by atoms with Gasteiger partial charge in [-0.1, -0.05) is 135 Å². The summed E-state index contributed by atoms with van der Waals surface area (Å²) in [4.78, 5) is 112. The lowest BCUT2D eigenvalue weighted by molar-refractivity contribution is -0.270. The van der Waals surface area contributed by atoms with Gasteiger partial charge in [-0.2, -0.15) is 0 Å². The molecule has 3 heterocycles. The van der Waals surface area contributed by atoms with E-state index in [2.05, 4.69) is 47.1 Å². The van der Waals surface area contributed by atoms with Crippen LogP contribution in [0.2, 0.25) is 0 Å². The van der Waals surface area contributed by atoms with Crippen molar-refractivity contribution in [2.45, 2.75) is 356 Å². The Morgan fingerprint density at radius 2 is 0.675 bits per heavy atom. The molecule has 114 heavy (non-hydrogen) atoms. The Morgan fingerprint density at radius 3 is 1.00 bits per heavy atom. The van der Waals surface area contributed by atoms with Crippen LogP contribution in [0.15, 0.2) is 0 Å². The first-order valence-electron chi connectivity index (χ1n) is 41.8. The van der Waals surface area contributed by atoms with Crippen LogP contribution < -0.4 is 42.5 Å². The van der Waals surface area contributed by atoms with E-state index in [1.54, 1.807) is 0 Å². The maximum atomic E-state index is 14.3. The van der Waals surface area contributed by atoms with Gasteiger partial charge in [-0.25, -0.2) is 4.57 Å². The molecule has 0 aromatic heterocycles. The predicted octanol–water partition coefficient (Wildman–Crippen LogP) is 2.01. The largest absolute Gasteiger partial charge is 0.471 e. The second-order valence-corrected chi connectivity index (χ2v) is 31.5. The average molecular weight is 1660 g/mol. The van der Waals surface area contributed by atoms with Gasteiger partial charge in [-0.05, 0) is 77.0 Å². The highest BCUT2D eigenvalue weighted by molar-refractivity contribution is 7.47. The molecule has 18 atom stereocenters. The van der Waals surface area contributed by atoms with Crippen LogP contribution in [0.25, 0.3) is 0 Å². The molecule has 3 aliphatic heterocycles. The minimum absolute atomic E-state index is 0.00247. The maximum absolute atomic E-state index is 14.3. The Hall–Kier alpha value is -4.77.